The number of rotatable bonds is 4. The van der Waals surface area contributed by atoms with Crippen LogP contribution >= 0.6 is 0 Å². The maximum absolute atomic E-state index is 12.9. The van der Waals surface area contributed by atoms with Crippen molar-refractivity contribution in [3.8, 4) is 0 Å². The molecule has 2 aromatic rings. The van der Waals surface area contributed by atoms with Gasteiger partial charge in [0.05, 0.1) is 4.90 Å². The molecule has 0 saturated carbocycles. The highest BCUT2D eigenvalue weighted by Crippen LogP contribution is 2.21. The number of benzene rings is 2. The molecule has 2 rings (SSSR count). The van der Waals surface area contributed by atoms with Crippen molar-refractivity contribution in [3.63, 3.8) is 0 Å². The first-order chi connectivity index (χ1) is 9.36. The Morgan fingerprint density at radius 1 is 1.15 bits per heavy atom. The van der Waals surface area contributed by atoms with Gasteiger partial charge in [0, 0.05) is 11.7 Å². The average Bonchev–Trinajstić information content (AvgIpc) is 2.38. The smallest absolute Gasteiger partial charge is 0.238 e. The van der Waals surface area contributed by atoms with Crippen LogP contribution in [0.25, 0.3) is 0 Å². The Labute approximate surface area is 117 Å². The Hall–Kier alpha value is -1.92. The minimum Gasteiger partial charge on any atom is -0.378 e. The van der Waals surface area contributed by atoms with Gasteiger partial charge in [0.2, 0.25) is 10.0 Å². The molecule has 0 spiro atoms. The van der Waals surface area contributed by atoms with E-state index < -0.39 is 10.0 Å². The summed E-state index contributed by atoms with van der Waals surface area (Å²) in [4.78, 5) is 0.0498. The van der Waals surface area contributed by atoms with Gasteiger partial charge >= 0.3 is 0 Å². The molecule has 0 amide bonds. The first-order valence-corrected chi connectivity index (χ1v) is 7.56. The van der Waals surface area contributed by atoms with Crippen molar-refractivity contribution in [1.29, 1.82) is 0 Å². The second kappa shape index (κ2) is 5.60. The lowest BCUT2D eigenvalue weighted by atomic mass is 10.1. The Balaban J connectivity index is 2.20. The first-order valence-electron chi connectivity index (χ1n) is 6.01. The third-order valence-corrected chi connectivity index (χ3v) is 3.83. The van der Waals surface area contributed by atoms with Gasteiger partial charge in [-0.15, -0.1) is 0 Å². The van der Waals surface area contributed by atoms with Crippen molar-refractivity contribution in [2.75, 3.05) is 5.32 Å². The summed E-state index contributed by atoms with van der Waals surface area (Å²) in [5, 5.41) is 8.23. The summed E-state index contributed by atoms with van der Waals surface area (Å²) < 4.78 is 35.4. The second-order valence-corrected chi connectivity index (χ2v) is 6.05. The van der Waals surface area contributed by atoms with E-state index in [-0.39, 0.29) is 16.8 Å². The van der Waals surface area contributed by atoms with Gasteiger partial charge in [0.1, 0.15) is 5.82 Å². The quantitative estimate of drug-likeness (QED) is 0.910. The lowest BCUT2D eigenvalue weighted by molar-refractivity contribution is 0.598. The van der Waals surface area contributed by atoms with E-state index in [9.17, 15) is 12.8 Å². The van der Waals surface area contributed by atoms with E-state index in [0.29, 0.717) is 5.69 Å². The highest BCUT2D eigenvalue weighted by molar-refractivity contribution is 7.89. The van der Waals surface area contributed by atoms with E-state index in [0.717, 1.165) is 5.56 Å². The van der Waals surface area contributed by atoms with Gasteiger partial charge in [-0.2, -0.15) is 0 Å². The zero-order valence-corrected chi connectivity index (χ0v) is 11.7. The van der Waals surface area contributed by atoms with Crippen LogP contribution in [0, 0.1) is 5.82 Å². The Morgan fingerprint density at radius 2 is 1.80 bits per heavy atom. The van der Waals surface area contributed by atoms with E-state index in [1.165, 1.54) is 24.3 Å². The van der Waals surface area contributed by atoms with Crippen LogP contribution in [0.5, 0.6) is 0 Å². The van der Waals surface area contributed by atoms with Crippen LogP contribution in [0.1, 0.15) is 18.5 Å². The highest BCUT2D eigenvalue weighted by atomic mass is 32.2. The van der Waals surface area contributed by atoms with Crippen LogP contribution in [0.3, 0.4) is 0 Å². The van der Waals surface area contributed by atoms with Crippen molar-refractivity contribution >= 4 is 15.7 Å². The molecule has 0 aromatic heterocycles. The molecule has 1 atom stereocenters. The predicted molar refractivity (Wildman–Crippen MR) is 76.3 cm³/mol. The van der Waals surface area contributed by atoms with Crippen molar-refractivity contribution < 1.29 is 12.8 Å². The Bertz CT molecular complexity index is 699. The number of sulfonamides is 1. The minimum atomic E-state index is -3.72. The molecule has 106 valence electrons. The number of halogens is 1. The molecule has 0 aliphatic heterocycles. The number of nitrogens with two attached hydrogens (primary N) is 1. The molecule has 4 nitrogen and oxygen atoms in total. The molecule has 3 N–H and O–H groups in total. The van der Waals surface area contributed by atoms with E-state index in [1.807, 2.05) is 6.92 Å². The molecule has 0 radical (unpaired) electrons. The first kappa shape index (κ1) is 14.5. The van der Waals surface area contributed by atoms with Gasteiger partial charge in [-0.05, 0) is 42.8 Å². The van der Waals surface area contributed by atoms with Gasteiger partial charge in [-0.1, -0.05) is 18.2 Å². The van der Waals surface area contributed by atoms with Crippen LogP contribution in [0.4, 0.5) is 10.1 Å². The molecule has 1 unspecified atom stereocenters. The highest BCUT2D eigenvalue weighted by Gasteiger charge is 2.10. The topological polar surface area (TPSA) is 72.2 Å². The zero-order chi connectivity index (χ0) is 14.8. The molecule has 20 heavy (non-hydrogen) atoms. The van der Waals surface area contributed by atoms with Crippen molar-refractivity contribution in [2.45, 2.75) is 17.9 Å². The van der Waals surface area contributed by atoms with Gasteiger partial charge in [-0.25, -0.2) is 17.9 Å². The van der Waals surface area contributed by atoms with Crippen LogP contribution in [0.2, 0.25) is 0 Å². The van der Waals surface area contributed by atoms with Crippen molar-refractivity contribution in [3.05, 3.63) is 59.9 Å². The lowest BCUT2D eigenvalue weighted by Gasteiger charge is -2.16. The number of hydrogen-bond donors (Lipinski definition) is 2. The number of anilines is 1. The van der Waals surface area contributed by atoms with Crippen LogP contribution in [0.15, 0.2) is 53.4 Å². The molecule has 0 aliphatic rings. The summed E-state index contributed by atoms with van der Waals surface area (Å²) in [6.45, 7) is 1.90. The summed E-state index contributed by atoms with van der Waals surface area (Å²) in [7, 11) is -3.72. The van der Waals surface area contributed by atoms with Crippen LogP contribution in [-0.2, 0) is 10.0 Å². The normalized spacial score (nSPS) is 12.9. The number of primary sulfonamides is 1. The lowest BCUT2D eigenvalue weighted by Crippen LogP contribution is -2.13. The molecule has 2 aromatic carbocycles. The second-order valence-electron chi connectivity index (χ2n) is 4.49. The van der Waals surface area contributed by atoms with Gasteiger partial charge in [0.15, 0.2) is 0 Å². The van der Waals surface area contributed by atoms with E-state index >= 15 is 0 Å². The molecule has 0 aliphatic carbocycles. The van der Waals surface area contributed by atoms with Crippen molar-refractivity contribution in [2.24, 2.45) is 5.14 Å². The summed E-state index contributed by atoms with van der Waals surface area (Å²) in [6, 6.07) is 12.3. The van der Waals surface area contributed by atoms with E-state index in [1.54, 1.807) is 24.3 Å². The molecule has 0 fully saturated rings. The van der Waals surface area contributed by atoms with Gasteiger partial charge in [0.25, 0.3) is 0 Å². The molecule has 0 heterocycles. The number of hydrogen-bond acceptors (Lipinski definition) is 3. The van der Waals surface area contributed by atoms with Crippen molar-refractivity contribution in [1.82, 2.24) is 0 Å². The Morgan fingerprint density at radius 3 is 2.40 bits per heavy atom. The van der Waals surface area contributed by atoms with Crippen LogP contribution < -0.4 is 10.5 Å². The molecular weight excluding hydrogens is 279 g/mol. The third kappa shape index (κ3) is 3.55. The Kier molecular flexibility index (Phi) is 4.06. The fraction of sp³-hybridized carbons (Fsp3) is 0.143. The maximum Gasteiger partial charge on any atom is 0.238 e. The molecule has 0 saturated heterocycles. The van der Waals surface area contributed by atoms with Gasteiger partial charge in [-0.3, -0.25) is 0 Å². The monoisotopic (exact) mass is 294 g/mol. The standard InChI is InChI=1S/C14H15FN2O2S/c1-10(11-5-7-12(15)8-6-11)17-13-3-2-4-14(9-13)20(16,18)19/h2-10,17H,1H3,(H2,16,18,19). The fourth-order valence-electron chi connectivity index (χ4n) is 1.85. The SMILES string of the molecule is CC(Nc1cccc(S(N)(=O)=O)c1)c1ccc(F)cc1. The molecular formula is C14H15FN2O2S. The minimum absolute atomic E-state index is 0.0498. The predicted octanol–water partition coefficient (Wildman–Crippen LogP) is 2.65. The largest absolute Gasteiger partial charge is 0.378 e. The van der Waals surface area contributed by atoms with Gasteiger partial charge < -0.3 is 5.32 Å². The summed E-state index contributed by atoms with van der Waals surface area (Å²) in [6.07, 6.45) is 0. The molecule has 6 heteroatoms. The average molecular weight is 294 g/mol. The summed E-state index contributed by atoms with van der Waals surface area (Å²) >= 11 is 0. The summed E-state index contributed by atoms with van der Waals surface area (Å²) in [5.41, 5.74) is 1.53. The summed E-state index contributed by atoms with van der Waals surface area (Å²) in [5.74, 6) is -0.294. The van der Waals surface area contributed by atoms with E-state index in [4.69, 9.17) is 5.14 Å². The maximum atomic E-state index is 12.9. The van der Waals surface area contributed by atoms with Crippen LogP contribution in [-0.4, -0.2) is 8.42 Å². The zero-order valence-electron chi connectivity index (χ0n) is 10.9. The van der Waals surface area contributed by atoms with E-state index in [2.05, 4.69) is 5.32 Å². The number of nitrogens with one attached hydrogen (secondary N) is 1. The third-order valence-electron chi connectivity index (χ3n) is 2.92. The molecule has 0 bridgehead atoms. The fourth-order valence-corrected chi connectivity index (χ4v) is 2.41.